The molecule has 2 aromatic carbocycles. The molecule has 3 aromatic rings. The molecule has 116 valence electrons. The van der Waals surface area contributed by atoms with Gasteiger partial charge < -0.3 is 5.32 Å². The second-order valence-electron chi connectivity index (χ2n) is 4.83. The van der Waals surface area contributed by atoms with Crippen molar-refractivity contribution in [3.8, 4) is 11.4 Å². The standard InChI is InChI=1S/C16H12BrClN4O/c17-13-6-5-12(14(18)7-13)8-19-16(23)11-3-1-10(2-4-11)15-20-9-21-22-15/h1-7,9H,8H2,(H,19,23)(H,20,21,22). The Morgan fingerprint density at radius 1 is 1.22 bits per heavy atom. The monoisotopic (exact) mass is 390 g/mol. The van der Waals surface area contributed by atoms with E-state index in [1.807, 2.05) is 24.3 Å². The zero-order chi connectivity index (χ0) is 16.2. The lowest BCUT2D eigenvalue weighted by atomic mass is 10.1. The molecule has 0 fully saturated rings. The van der Waals surface area contributed by atoms with E-state index in [1.165, 1.54) is 6.33 Å². The summed E-state index contributed by atoms with van der Waals surface area (Å²) in [5.41, 5.74) is 2.30. The second kappa shape index (κ2) is 6.93. The van der Waals surface area contributed by atoms with E-state index in [2.05, 4.69) is 36.4 Å². The van der Waals surface area contributed by atoms with E-state index in [-0.39, 0.29) is 5.91 Å². The quantitative estimate of drug-likeness (QED) is 0.710. The summed E-state index contributed by atoms with van der Waals surface area (Å²) in [6.07, 6.45) is 1.44. The lowest BCUT2D eigenvalue weighted by molar-refractivity contribution is 0.0951. The van der Waals surface area contributed by atoms with E-state index in [4.69, 9.17) is 11.6 Å². The van der Waals surface area contributed by atoms with Crippen LogP contribution in [-0.2, 0) is 6.54 Å². The van der Waals surface area contributed by atoms with E-state index in [9.17, 15) is 4.79 Å². The van der Waals surface area contributed by atoms with Crippen molar-refractivity contribution >= 4 is 33.4 Å². The first-order valence-corrected chi connectivity index (χ1v) is 7.98. The lowest BCUT2D eigenvalue weighted by Crippen LogP contribution is -2.22. The summed E-state index contributed by atoms with van der Waals surface area (Å²) in [7, 11) is 0. The molecule has 0 aliphatic heterocycles. The highest BCUT2D eigenvalue weighted by Gasteiger charge is 2.08. The predicted octanol–water partition coefficient (Wildman–Crippen LogP) is 3.82. The van der Waals surface area contributed by atoms with Gasteiger partial charge in [0.15, 0.2) is 5.82 Å². The molecule has 1 aromatic heterocycles. The first kappa shape index (κ1) is 15.7. The summed E-state index contributed by atoms with van der Waals surface area (Å²) in [6.45, 7) is 0.370. The van der Waals surface area contributed by atoms with Gasteiger partial charge in [0.1, 0.15) is 6.33 Å². The number of benzene rings is 2. The molecule has 0 saturated carbocycles. The Bertz CT molecular complexity index is 819. The fraction of sp³-hybridized carbons (Fsp3) is 0.0625. The molecule has 0 radical (unpaired) electrons. The normalized spacial score (nSPS) is 10.5. The number of carbonyl (C=O) groups is 1. The zero-order valence-corrected chi connectivity index (χ0v) is 14.2. The van der Waals surface area contributed by atoms with Crippen LogP contribution in [0.3, 0.4) is 0 Å². The minimum atomic E-state index is -0.159. The Kier molecular flexibility index (Phi) is 4.73. The van der Waals surface area contributed by atoms with Crippen LogP contribution in [-0.4, -0.2) is 21.1 Å². The molecule has 3 rings (SSSR count). The Balaban J connectivity index is 1.66. The number of halogens is 2. The number of H-pyrrole nitrogens is 1. The van der Waals surface area contributed by atoms with Crippen LogP contribution in [0, 0.1) is 0 Å². The smallest absolute Gasteiger partial charge is 0.251 e. The second-order valence-corrected chi connectivity index (χ2v) is 6.15. The van der Waals surface area contributed by atoms with Crippen molar-refractivity contribution in [1.82, 2.24) is 20.5 Å². The van der Waals surface area contributed by atoms with Gasteiger partial charge in [-0.05, 0) is 29.8 Å². The van der Waals surface area contributed by atoms with Crippen LogP contribution in [0.25, 0.3) is 11.4 Å². The average Bonchev–Trinajstić information content (AvgIpc) is 3.08. The van der Waals surface area contributed by atoms with Crippen molar-refractivity contribution in [2.24, 2.45) is 0 Å². The zero-order valence-electron chi connectivity index (χ0n) is 11.9. The number of nitrogens with zero attached hydrogens (tertiary/aromatic N) is 2. The van der Waals surface area contributed by atoms with Crippen LogP contribution in [0.15, 0.2) is 53.3 Å². The summed E-state index contributed by atoms with van der Waals surface area (Å²) in [5, 5.41) is 10.0. The van der Waals surface area contributed by atoms with Crippen molar-refractivity contribution in [3.63, 3.8) is 0 Å². The molecule has 0 aliphatic rings. The van der Waals surface area contributed by atoms with Crippen LogP contribution >= 0.6 is 27.5 Å². The van der Waals surface area contributed by atoms with Crippen LogP contribution < -0.4 is 5.32 Å². The van der Waals surface area contributed by atoms with E-state index in [0.29, 0.717) is 23.0 Å². The van der Waals surface area contributed by atoms with Crippen LogP contribution in [0.2, 0.25) is 5.02 Å². The van der Waals surface area contributed by atoms with Gasteiger partial charge in [0.25, 0.3) is 5.91 Å². The highest BCUT2D eigenvalue weighted by Crippen LogP contribution is 2.21. The van der Waals surface area contributed by atoms with Crippen molar-refractivity contribution in [2.75, 3.05) is 0 Å². The lowest BCUT2D eigenvalue weighted by Gasteiger charge is -2.08. The maximum atomic E-state index is 12.2. The van der Waals surface area contributed by atoms with Crippen molar-refractivity contribution < 1.29 is 4.79 Å². The number of hydrogen-bond donors (Lipinski definition) is 2. The highest BCUT2D eigenvalue weighted by molar-refractivity contribution is 9.10. The number of rotatable bonds is 4. The number of nitrogens with one attached hydrogen (secondary N) is 2. The maximum Gasteiger partial charge on any atom is 0.251 e. The molecule has 0 bridgehead atoms. The molecule has 7 heteroatoms. The maximum absolute atomic E-state index is 12.2. The van der Waals surface area contributed by atoms with E-state index < -0.39 is 0 Å². The molecule has 23 heavy (non-hydrogen) atoms. The number of carbonyl (C=O) groups excluding carboxylic acids is 1. The molecule has 0 aliphatic carbocycles. The van der Waals surface area contributed by atoms with Gasteiger partial charge in [0.05, 0.1) is 0 Å². The molecule has 5 nitrogen and oxygen atoms in total. The molecule has 0 unspecified atom stereocenters. The summed E-state index contributed by atoms with van der Waals surface area (Å²) < 4.78 is 0.903. The topological polar surface area (TPSA) is 70.7 Å². The van der Waals surface area contributed by atoms with Gasteiger partial charge in [-0.15, -0.1) is 0 Å². The largest absolute Gasteiger partial charge is 0.348 e. The van der Waals surface area contributed by atoms with Crippen molar-refractivity contribution in [3.05, 3.63) is 69.4 Å². The fourth-order valence-electron chi connectivity index (χ4n) is 2.07. The van der Waals surface area contributed by atoms with Gasteiger partial charge in [0.2, 0.25) is 0 Å². The van der Waals surface area contributed by atoms with Crippen LogP contribution in [0.4, 0.5) is 0 Å². The third-order valence-corrected chi connectivity index (χ3v) is 4.14. The Morgan fingerprint density at radius 2 is 2.00 bits per heavy atom. The molecule has 0 atom stereocenters. The summed E-state index contributed by atoms with van der Waals surface area (Å²) in [6, 6.07) is 12.7. The van der Waals surface area contributed by atoms with Gasteiger partial charge in [-0.1, -0.05) is 45.7 Å². The SMILES string of the molecule is O=C(NCc1ccc(Br)cc1Cl)c1ccc(-c2ncn[nH]2)cc1. The van der Waals surface area contributed by atoms with Gasteiger partial charge in [-0.3, -0.25) is 9.89 Å². The minimum Gasteiger partial charge on any atom is -0.348 e. The third kappa shape index (κ3) is 3.78. The summed E-state index contributed by atoms with van der Waals surface area (Å²) in [4.78, 5) is 16.3. The summed E-state index contributed by atoms with van der Waals surface area (Å²) in [5.74, 6) is 0.506. The summed E-state index contributed by atoms with van der Waals surface area (Å²) >= 11 is 9.49. The molecular formula is C16H12BrClN4O. The predicted molar refractivity (Wildman–Crippen MR) is 92.1 cm³/mol. The number of amides is 1. The van der Waals surface area contributed by atoms with E-state index in [1.54, 1.807) is 18.2 Å². The Hall–Kier alpha value is -2.18. The molecule has 1 amide bonds. The molecule has 1 heterocycles. The molecule has 0 spiro atoms. The molecule has 0 saturated heterocycles. The minimum absolute atomic E-state index is 0.159. The van der Waals surface area contributed by atoms with E-state index in [0.717, 1.165) is 15.6 Å². The number of aromatic amines is 1. The van der Waals surface area contributed by atoms with Gasteiger partial charge in [0, 0.05) is 27.2 Å². The number of hydrogen-bond acceptors (Lipinski definition) is 3. The van der Waals surface area contributed by atoms with Gasteiger partial charge >= 0.3 is 0 Å². The first-order chi connectivity index (χ1) is 11.1. The first-order valence-electron chi connectivity index (χ1n) is 6.81. The highest BCUT2D eigenvalue weighted by atomic mass is 79.9. The van der Waals surface area contributed by atoms with Crippen LogP contribution in [0.5, 0.6) is 0 Å². The number of aromatic nitrogens is 3. The van der Waals surface area contributed by atoms with Crippen molar-refractivity contribution in [1.29, 1.82) is 0 Å². The van der Waals surface area contributed by atoms with Crippen LogP contribution in [0.1, 0.15) is 15.9 Å². The third-order valence-electron chi connectivity index (χ3n) is 3.29. The Labute approximate surface area is 146 Å². The van der Waals surface area contributed by atoms with E-state index >= 15 is 0 Å². The fourth-order valence-corrected chi connectivity index (χ4v) is 2.81. The molecule has 2 N–H and O–H groups in total. The Morgan fingerprint density at radius 3 is 2.65 bits per heavy atom. The van der Waals surface area contributed by atoms with Gasteiger partial charge in [-0.2, -0.15) is 5.10 Å². The van der Waals surface area contributed by atoms with Crippen molar-refractivity contribution in [2.45, 2.75) is 6.54 Å². The average molecular weight is 392 g/mol. The van der Waals surface area contributed by atoms with Gasteiger partial charge in [-0.25, -0.2) is 4.98 Å². The molecular weight excluding hydrogens is 380 g/mol.